The number of primary amides is 1. The van der Waals surface area contributed by atoms with Gasteiger partial charge in [0.25, 0.3) is 11.8 Å². The third kappa shape index (κ3) is 2.71. The molecule has 22 heavy (non-hydrogen) atoms. The Kier molecular flexibility index (Phi) is 3.65. The van der Waals surface area contributed by atoms with Gasteiger partial charge in [-0.25, -0.2) is 0 Å². The van der Waals surface area contributed by atoms with Gasteiger partial charge in [-0.05, 0) is 24.3 Å². The first-order valence-corrected chi connectivity index (χ1v) is 6.73. The summed E-state index contributed by atoms with van der Waals surface area (Å²) in [4.78, 5) is 23.6. The lowest BCUT2D eigenvalue weighted by Gasteiger charge is -2.25. The van der Waals surface area contributed by atoms with E-state index in [9.17, 15) is 9.59 Å². The van der Waals surface area contributed by atoms with Gasteiger partial charge in [0.2, 0.25) is 6.10 Å². The summed E-state index contributed by atoms with van der Waals surface area (Å²) >= 11 is 0. The molecule has 3 rings (SSSR count). The topological polar surface area (TPSA) is 90.7 Å². The van der Waals surface area contributed by atoms with E-state index in [-0.39, 0.29) is 12.2 Å². The van der Waals surface area contributed by atoms with E-state index < -0.39 is 17.9 Å². The van der Waals surface area contributed by atoms with Crippen LogP contribution in [0.4, 0.5) is 5.69 Å². The Morgan fingerprint density at radius 1 is 1.05 bits per heavy atom. The summed E-state index contributed by atoms with van der Waals surface area (Å²) in [5, 5.41) is 2.65. The smallest absolute Gasteiger partial charge is 0.269 e. The standard InChI is InChI=1S/C16H14N2O4/c17-15(19)10-5-1-2-6-11(10)18-16(20)14-9-21-12-7-3-4-8-13(12)22-14/h1-8,14H,9H2,(H2,17,19)(H,18,20). The summed E-state index contributed by atoms with van der Waals surface area (Å²) in [6.45, 7) is 0.0988. The third-order valence-electron chi connectivity index (χ3n) is 3.25. The third-order valence-corrected chi connectivity index (χ3v) is 3.25. The second-order valence-electron chi connectivity index (χ2n) is 4.76. The quantitative estimate of drug-likeness (QED) is 0.899. The molecule has 0 saturated heterocycles. The number of anilines is 1. The highest BCUT2D eigenvalue weighted by molar-refractivity contribution is 6.04. The number of nitrogens with two attached hydrogens (primary N) is 1. The SMILES string of the molecule is NC(=O)c1ccccc1NC(=O)C1COc2ccccc2O1. The van der Waals surface area contributed by atoms with Crippen LogP contribution in [0, 0.1) is 0 Å². The van der Waals surface area contributed by atoms with Crippen LogP contribution in [0.1, 0.15) is 10.4 Å². The Morgan fingerprint density at radius 2 is 1.73 bits per heavy atom. The molecule has 1 heterocycles. The number of hydrogen-bond donors (Lipinski definition) is 2. The van der Waals surface area contributed by atoms with Crippen LogP contribution in [0.5, 0.6) is 11.5 Å². The number of carbonyl (C=O) groups excluding carboxylic acids is 2. The molecule has 1 aliphatic heterocycles. The minimum atomic E-state index is -0.796. The highest BCUT2D eigenvalue weighted by Gasteiger charge is 2.27. The van der Waals surface area contributed by atoms with Crippen molar-refractivity contribution in [3.63, 3.8) is 0 Å². The van der Waals surface area contributed by atoms with Crippen LogP contribution in [-0.4, -0.2) is 24.5 Å². The number of nitrogens with one attached hydrogen (secondary N) is 1. The molecule has 0 spiro atoms. The minimum absolute atomic E-state index is 0.0988. The maximum atomic E-state index is 12.3. The zero-order chi connectivity index (χ0) is 15.5. The predicted molar refractivity (Wildman–Crippen MR) is 79.9 cm³/mol. The molecule has 1 aliphatic rings. The fourth-order valence-corrected chi connectivity index (χ4v) is 2.17. The Bertz CT molecular complexity index is 730. The van der Waals surface area contributed by atoms with E-state index in [4.69, 9.17) is 15.2 Å². The first-order valence-electron chi connectivity index (χ1n) is 6.73. The molecular formula is C16H14N2O4. The molecule has 2 aromatic carbocycles. The zero-order valence-electron chi connectivity index (χ0n) is 11.6. The van der Waals surface area contributed by atoms with Crippen molar-refractivity contribution in [2.75, 3.05) is 11.9 Å². The molecule has 0 fully saturated rings. The number of benzene rings is 2. The van der Waals surface area contributed by atoms with Crippen molar-refractivity contribution in [1.82, 2.24) is 0 Å². The molecule has 2 aromatic rings. The van der Waals surface area contributed by atoms with Gasteiger partial charge in [0.15, 0.2) is 11.5 Å². The Balaban J connectivity index is 1.75. The van der Waals surface area contributed by atoms with E-state index >= 15 is 0 Å². The summed E-state index contributed by atoms with van der Waals surface area (Å²) in [6.07, 6.45) is -0.796. The van der Waals surface area contributed by atoms with Crippen molar-refractivity contribution in [2.24, 2.45) is 5.73 Å². The molecular weight excluding hydrogens is 284 g/mol. The average molecular weight is 298 g/mol. The van der Waals surface area contributed by atoms with E-state index in [0.29, 0.717) is 17.2 Å². The number of hydrogen-bond acceptors (Lipinski definition) is 4. The first-order chi connectivity index (χ1) is 10.6. The Hall–Kier alpha value is -3.02. The molecule has 1 atom stereocenters. The van der Waals surface area contributed by atoms with E-state index in [0.717, 1.165) is 0 Å². The second kappa shape index (κ2) is 5.77. The lowest BCUT2D eigenvalue weighted by Crippen LogP contribution is -2.40. The van der Waals surface area contributed by atoms with Crippen molar-refractivity contribution < 1.29 is 19.1 Å². The van der Waals surface area contributed by atoms with Crippen LogP contribution in [0.15, 0.2) is 48.5 Å². The van der Waals surface area contributed by atoms with Gasteiger partial charge in [-0.2, -0.15) is 0 Å². The van der Waals surface area contributed by atoms with Crippen molar-refractivity contribution in [1.29, 1.82) is 0 Å². The van der Waals surface area contributed by atoms with Gasteiger partial charge in [-0.3, -0.25) is 9.59 Å². The lowest BCUT2D eigenvalue weighted by molar-refractivity contribution is -0.125. The second-order valence-corrected chi connectivity index (χ2v) is 4.76. The Labute approximate surface area is 126 Å². The monoisotopic (exact) mass is 298 g/mol. The molecule has 6 heteroatoms. The molecule has 6 nitrogen and oxygen atoms in total. The summed E-state index contributed by atoms with van der Waals surface area (Å²) in [5.74, 6) is 0.103. The van der Waals surface area contributed by atoms with Crippen LogP contribution in [0.2, 0.25) is 0 Å². The van der Waals surface area contributed by atoms with Crippen molar-refractivity contribution >= 4 is 17.5 Å². The van der Waals surface area contributed by atoms with Gasteiger partial charge in [-0.15, -0.1) is 0 Å². The maximum Gasteiger partial charge on any atom is 0.269 e. The van der Waals surface area contributed by atoms with Crippen molar-refractivity contribution in [3.05, 3.63) is 54.1 Å². The van der Waals surface area contributed by atoms with Gasteiger partial charge in [0.05, 0.1) is 11.3 Å². The molecule has 0 bridgehead atoms. The van der Waals surface area contributed by atoms with Gasteiger partial charge in [0.1, 0.15) is 6.61 Å². The average Bonchev–Trinajstić information content (AvgIpc) is 2.54. The van der Waals surface area contributed by atoms with Crippen molar-refractivity contribution in [2.45, 2.75) is 6.10 Å². The van der Waals surface area contributed by atoms with Crippen LogP contribution in [0.3, 0.4) is 0 Å². The van der Waals surface area contributed by atoms with E-state index in [1.165, 1.54) is 0 Å². The number of para-hydroxylation sites is 3. The van der Waals surface area contributed by atoms with Crippen molar-refractivity contribution in [3.8, 4) is 11.5 Å². The van der Waals surface area contributed by atoms with Crippen LogP contribution >= 0.6 is 0 Å². The molecule has 3 N–H and O–H groups in total. The van der Waals surface area contributed by atoms with Gasteiger partial charge < -0.3 is 20.5 Å². The van der Waals surface area contributed by atoms with Crippen LogP contribution < -0.4 is 20.5 Å². The summed E-state index contributed by atoms with van der Waals surface area (Å²) < 4.78 is 11.1. The molecule has 0 saturated carbocycles. The summed E-state index contributed by atoms with van der Waals surface area (Å²) in [5.41, 5.74) is 5.88. The minimum Gasteiger partial charge on any atom is -0.485 e. The maximum absolute atomic E-state index is 12.3. The van der Waals surface area contributed by atoms with E-state index in [2.05, 4.69) is 5.32 Å². The number of amides is 2. The molecule has 112 valence electrons. The van der Waals surface area contributed by atoms with Crippen LogP contribution in [-0.2, 0) is 4.79 Å². The molecule has 0 aliphatic carbocycles. The fourth-order valence-electron chi connectivity index (χ4n) is 2.17. The van der Waals surface area contributed by atoms with Gasteiger partial charge in [-0.1, -0.05) is 24.3 Å². The highest BCUT2D eigenvalue weighted by Crippen LogP contribution is 2.31. The zero-order valence-corrected chi connectivity index (χ0v) is 11.6. The molecule has 0 aromatic heterocycles. The molecule has 1 unspecified atom stereocenters. The number of fused-ring (bicyclic) bond motifs is 1. The van der Waals surface area contributed by atoms with Gasteiger partial charge in [0, 0.05) is 0 Å². The Morgan fingerprint density at radius 3 is 2.50 bits per heavy atom. The molecule has 2 amide bonds. The van der Waals surface area contributed by atoms with Crippen LogP contribution in [0.25, 0.3) is 0 Å². The number of carbonyl (C=O) groups is 2. The highest BCUT2D eigenvalue weighted by atomic mass is 16.6. The van der Waals surface area contributed by atoms with Gasteiger partial charge >= 0.3 is 0 Å². The normalized spacial score (nSPS) is 15.9. The lowest BCUT2D eigenvalue weighted by atomic mass is 10.1. The summed E-state index contributed by atoms with van der Waals surface area (Å²) in [6, 6.07) is 13.7. The number of rotatable bonds is 3. The number of ether oxygens (including phenoxy) is 2. The predicted octanol–water partition coefficient (Wildman–Crippen LogP) is 1.56. The van der Waals surface area contributed by atoms with E-state index in [1.54, 1.807) is 42.5 Å². The van der Waals surface area contributed by atoms with E-state index in [1.807, 2.05) is 6.07 Å². The first kappa shape index (κ1) is 13.9. The summed E-state index contributed by atoms with van der Waals surface area (Å²) in [7, 11) is 0. The fraction of sp³-hybridized carbons (Fsp3) is 0.125. The largest absolute Gasteiger partial charge is 0.485 e. The molecule has 0 radical (unpaired) electrons.